The van der Waals surface area contributed by atoms with Crippen molar-refractivity contribution in [2.45, 2.75) is 24.8 Å². The number of hydrogen-bond acceptors (Lipinski definition) is 6. The average Bonchev–Trinajstić information content (AvgIpc) is 2.37. The molecular formula is C9H11F3N6O2. The summed E-state index contributed by atoms with van der Waals surface area (Å²) in [4.78, 5) is 8.82. The zero-order chi connectivity index (χ0) is 15.3. The molecule has 0 bridgehead atoms. The van der Waals surface area contributed by atoms with Crippen molar-refractivity contribution in [1.29, 1.82) is 0 Å². The molecule has 0 aromatic carbocycles. The fourth-order valence-corrected chi connectivity index (χ4v) is 1.45. The molecule has 2 atom stereocenters. The van der Waals surface area contributed by atoms with Crippen LogP contribution in [-0.4, -0.2) is 32.8 Å². The van der Waals surface area contributed by atoms with Crippen LogP contribution in [0, 0.1) is 0 Å². The third-order valence-electron chi connectivity index (χ3n) is 2.38. The van der Waals surface area contributed by atoms with Gasteiger partial charge in [-0.2, -0.15) is 13.2 Å². The predicted molar refractivity (Wildman–Crippen MR) is 61.0 cm³/mol. The van der Waals surface area contributed by atoms with Crippen molar-refractivity contribution in [2.75, 3.05) is 12.3 Å². The van der Waals surface area contributed by atoms with Crippen LogP contribution < -0.4 is 5.73 Å². The summed E-state index contributed by atoms with van der Waals surface area (Å²) < 4.78 is 38.3. The first-order valence-electron chi connectivity index (χ1n) is 5.34. The number of azide groups is 1. The van der Waals surface area contributed by atoms with Gasteiger partial charge in [0.2, 0.25) is 5.95 Å². The fraction of sp³-hybridized carbons (Fsp3) is 0.556. The number of aromatic nitrogens is 2. The average molecular weight is 292 g/mol. The standard InChI is InChI=1S/C9H11F3N6O2/c10-9(11,12)7-4(3-15-8(13)17-7)6(20)5(19)1-2-16-18-14/h3,5-6,19-20H,1-2H2,(H2,13,15,17). The fourth-order valence-electron chi connectivity index (χ4n) is 1.45. The number of nitrogens with zero attached hydrogens (tertiary/aromatic N) is 5. The molecule has 0 aliphatic carbocycles. The van der Waals surface area contributed by atoms with Crippen molar-refractivity contribution in [3.8, 4) is 0 Å². The van der Waals surface area contributed by atoms with Gasteiger partial charge in [-0.3, -0.25) is 0 Å². The van der Waals surface area contributed by atoms with Crippen molar-refractivity contribution in [3.63, 3.8) is 0 Å². The minimum absolute atomic E-state index is 0.175. The molecule has 8 nitrogen and oxygen atoms in total. The summed E-state index contributed by atoms with van der Waals surface area (Å²) in [6.07, 6.45) is -7.80. The molecule has 0 fully saturated rings. The Labute approximate surface area is 110 Å². The number of nitrogens with two attached hydrogens (primary N) is 1. The van der Waals surface area contributed by atoms with Crippen molar-refractivity contribution < 1.29 is 23.4 Å². The molecule has 4 N–H and O–H groups in total. The van der Waals surface area contributed by atoms with E-state index in [2.05, 4.69) is 20.0 Å². The Kier molecular flexibility index (Phi) is 5.08. The SMILES string of the molecule is [N-]=[N+]=NCCC(O)C(O)c1cnc(N)nc1C(F)(F)F. The van der Waals surface area contributed by atoms with Gasteiger partial charge in [-0.05, 0) is 12.0 Å². The van der Waals surface area contributed by atoms with Crippen molar-refractivity contribution in [3.05, 3.63) is 27.9 Å². The predicted octanol–water partition coefficient (Wildman–Crippen LogP) is 1.17. The Hall–Kier alpha value is -2.10. The minimum atomic E-state index is -4.85. The molecule has 0 radical (unpaired) electrons. The number of anilines is 1. The van der Waals surface area contributed by atoms with Gasteiger partial charge < -0.3 is 15.9 Å². The molecule has 0 aliphatic rings. The van der Waals surface area contributed by atoms with Crippen LogP contribution in [0.1, 0.15) is 23.8 Å². The summed E-state index contributed by atoms with van der Waals surface area (Å²) >= 11 is 0. The Bertz CT molecular complexity index is 517. The van der Waals surface area contributed by atoms with Crippen LogP contribution in [0.15, 0.2) is 11.3 Å². The lowest BCUT2D eigenvalue weighted by molar-refractivity contribution is -0.143. The van der Waals surface area contributed by atoms with Gasteiger partial charge in [0.05, 0.1) is 6.10 Å². The first kappa shape index (κ1) is 16.0. The maximum atomic E-state index is 12.8. The van der Waals surface area contributed by atoms with Gasteiger partial charge in [0, 0.05) is 23.2 Å². The van der Waals surface area contributed by atoms with E-state index in [1.54, 1.807) is 0 Å². The van der Waals surface area contributed by atoms with E-state index in [1.807, 2.05) is 0 Å². The zero-order valence-electron chi connectivity index (χ0n) is 9.99. The molecule has 0 saturated heterocycles. The molecule has 0 aliphatic heterocycles. The minimum Gasteiger partial charge on any atom is -0.390 e. The summed E-state index contributed by atoms with van der Waals surface area (Å²) in [7, 11) is 0. The normalized spacial score (nSPS) is 14.4. The first-order chi connectivity index (χ1) is 9.27. The summed E-state index contributed by atoms with van der Waals surface area (Å²) in [6, 6.07) is 0. The number of alkyl halides is 3. The van der Waals surface area contributed by atoms with Crippen molar-refractivity contribution in [1.82, 2.24) is 9.97 Å². The van der Waals surface area contributed by atoms with Gasteiger partial charge in [-0.15, -0.1) is 0 Å². The third kappa shape index (κ3) is 3.95. The molecule has 0 spiro atoms. The maximum Gasteiger partial charge on any atom is 0.433 e. The number of rotatable bonds is 5. The molecule has 1 heterocycles. The number of aliphatic hydroxyl groups excluding tert-OH is 2. The molecule has 0 saturated carbocycles. The highest BCUT2D eigenvalue weighted by Gasteiger charge is 2.38. The van der Waals surface area contributed by atoms with Crippen LogP contribution in [-0.2, 0) is 6.18 Å². The second-order valence-corrected chi connectivity index (χ2v) is 3.79. The van der Waals surface area contributed by atoms with E-state index in [4.69, 9.17) is 11.3 Å². The van der Waals surface area contributed by atoms with Crippen LogP contribution in [0.4, 0.5) is 19.1 Å². The molecule has 0 amide bonds. The third-order valence-corrected chi connectivity index (χ3v) is 2.38. The topological polar surface area (TPSA) is 141 Å². The van der Waals surface area contributed by atoms with Gasteiger partial charge in [-0.1, -0.05) is 5.11 Å². The maximum absolute atomic E-state index is 12.8. The van der Waals surface area contributed by atoms with E-state index in [-0.39, 0.29) is 13.0 Å². The van der Waals surface area contributed by atoms with Crippen molar-refractivity contribution in [2.24, 2.45) is 5.11 Å². The molecule has 11 heteroatoms. The number of aliphatic hydroxyl groups is 2. The Balaban J connectivity index is 3.03. The van der Waals surface area contributed by atoms with E-state index in [1.165, 1.54) is 0 Å². The summed E-state index contributed by atoms with van der Waals surface area (Å²) in [6.45, 7) is -0.175. The zero-order valence-corrected chi connectivity index (χ0v) is 9.99. The van der Waals surface area contributed by atoms with E-state index in [9.17, 15) is 23.4 Å². The molecule has 1 aromatic rings. The quantitative estimate of drug-likeness (QED) is 0.424. The van der Waals surface area contributed by atoms with Gasteiger partial charge >= 0.3 is 6.18 Å². The first-order valence-corrected chi connectivity index (χ1v) is 5.34. The van der Waals surface area contributed by atoms with Gasteiger partial charge in [-0.25, -0.2) is 9.97 Å². The molecule has 1 aromatic heterocycles. The largest absolute Gasteiger partial charge is 0.433 e. The van der Waals surface area contributed by atoms with E-state index < -0.39 is 35.6 Å². The summed E-state index contributed by atoms with van der Waals surface area (Å²) in [5.41, 5.74) is 11.0. The lowest BCUT2D eigenvalue weighted by atomic mass is 10.0. The highest BCUT2D eigenvalue weighted by atomic mass is 19.4. The molecule has 110 valence electrons. The van der Waals surface area contributed by atoms with E-state index in [0.717, 1.165) is 0 Å². The molecule has 1 rings (SSSR count). The van der Waals surface area contributed by atoms with Crippen molar-refractivity contribution >= 4 is 5.95 Å². The summed E-state index contributed by atoms with van der Waals surface area (Å²) in [5.74, 6) is -0.600. The van der Waals surface area contributed by atoms with Crippen LogP contribution >= 0.6 is 0 Å². The highest BCUT2D eigenvalue weighted by molar-refractivity contribution is 5.29. The Morgan fingerprint density at radius 3 is 2.65 bits per heavy atom. The molecule has 20 heavy (non-hydrogen) atoms. The second kappa shape index (κ2) is 6.37. The van der Waals surface area contributed by atoms with Crippen LogP contribution in [0.3, 0.4) is 0 Å². The molecule has 2 unspecified atom stereocenters. The number of halogens is 3. The van der Waals surface area contributed by atoms with E-state index >= 15 is 0 Å². The number of hydrogen-bond donors (Lipinski definition) is 3. The smallest absolute Gasteiger partial charge is 0.390 e. The van der Waals surface area contributed by atoms with Crippen LogP contribution in [0.5, 0.6) is 0 Å². The van der Waals surface area contributed by atoms with Gasteiger partial charge in [0.25, 0.3) is 0 Å². The Morgan fingerprint density at radius 1 is 1.45 bits per heavy atom. The highest BCUT2D eigenvalue weighted by Crippen LogP contribution is 2.34. The lowest BCUT2D eigenvalue weighted by Gasteiger charge is -2.20. The van der Waals surface area contributed by atoms with Crippen LogP contribution in [0.25, 0.3) is 10.4 Å². The van der Waals surface area contributed by atoms with Crippen LogP contribution in [0.2, 0.25) is 0 Å². The molecular weight excluding hydrogens is 281 g/mol. The Morgan fingerprint density at radius 2 is 2.10 bits per heavy atom. The number of nitrogen functional groups attached to an aromatic ring is 1. The second-order valence-electron chi connectivity index (χ2n) is 3.79. The summed E-state index contributed by atoms with van der Waals surface area (Å²) in [5, 5.41) is 22.4. The lowest BCUT2D eigenvalue weighted by Crippen LogP contribution is -2.24. The van der Waals surface area contributed by atoms with E-state index in [0.29, 0.717) is 6.20 Å². The van der Waals surface area contributed by atoms with Gasteiger partial charge in [0.15, 0.2) is 5.69 Å². The van der Waals surface area contributed by atoms with Gasteiger partial charge in [0.1, 0.15) is 6.10 Å². The monoisotopic (exact) mass is 292 g/mol.